The first-order valence-electron chi connectivity index (χ1n) is 6.50. The number of hydrogen-bond donors (Lipinski definition) is 2. The summed E-state index contributed by atoms with van der Waals surface area (Å²) in [4.78, 5) is 23.4. The molecule has 0 saturated carbocycles. The van der Waals surface area contributed by atoms with Crippen molar-refractivity contribution < 1.29 is 27.2 Å². The molecule has 2 rings (SSSR count). The highest BCUT2D eigenvalue weighted by molar-refractivity contribution is 7.89. The van der Waals surface area contributed by atoms with Crippen LogP contribution in [0.1, 0.15) is 16.1 Å². The maximum Gasteiger partial charge on any atom is 0.374 e. The second-order valence-corrected chi connectivity index (χ2v) is 6.49. The van der Waals surface area contributed by atoms with Crippen molar-refractivity contribution >= 4 is 39.2 Å². The number of hydrogen-bond acceptors (Lipinski definition) is 7. The SMILES string of the molecule is N#Cc1ccc(NC(=O)COC(=O)c2ccc(S(N)(=O)=O)o2)cc1Cl. The van der Waals surface area contributed by atoms with Crippen molar-refractivity contribution in [2.45, 2.75) is 5.09 Å². The van der Waals surface area contributed by atoms with E-state index < -0.39 is 39.4 Å². The highest BCUT2D eigenvalue weighted by Crippen LogP contribution is 2.20. The summed E-state index contributed by atoms with van der Waals surface area (Å²) in [6.45, 7) is -0.651. The molecule has 0 aliphatic carbocycles. The largest absolute Gasteiger partial charge is 0.450 e. The van der Waals surface area contributed by atoms with Gasteiger partial charge in [0.1, 0.15) is 6.07 Å². The third kappa shape index (κ3) is 4.80. The third-order valence-corrected chi connectivity index (χ3v) is 3.86. The van der Waals surface area contributed by atoms with Crippen LogP contribution in [0, 0.1) is 11.3 Å². The lowest BCUT2D eigenvalue weighted by molar-refractivity contribution is -0.119. The van der Waals surface area contributed by atoms with Gasteiger partial charge in [0.15, 0.2) is 6.61 Å². The molecule has 1 amide bonds. The second-order valence-electron chi connectivity index (χ2n) is 4.59. The third-order valence-electron chi connectivity index (χ3n) is 2.77. The number of nitrogens with one attached hydrogen (secondary N) is 1. The molecular formula is C14H10ClN3O6S. The first-order chi connectivity index (χ1) is 11.7. The van der Waals surface area contributed by atoms with Gasteiger partial charge < -0.3 is 14.5 Å². The predicted octanol–water partition coefficient (Wildman–Crippen LogP) is 1.25. The highest BCUT2D eigenvalue weighted by atomic mass is 35.5. The second kappa shape index (κ2) is 7.35. The minimum atomic E-state index is -4.09. The summed E-state index contributed by atoms with van der Waals surface area (Å²) in [5.41, 5.74) is 0.550. The van der Waals surface area contributed by atoms with Crippen molar-refractivity contribution in [3.8, 4) is 6.07 Å². The van der Waals surface area contributed by atoms with Crippen LogP contribution in [-0.2, 0) is 19.6 Å². The van der Waals surface area contributed by atoms with Gasteiger partial charge in [-0.3, -0.25) is 4.79 Å². The number of carbonyl (C=O) groups excluding carboxylic acids is 2. The van der Waals surface area contributed by atoms with Gasteiger partial charge in [0, 0.05) is 5.69 Å². The number of nitrogens with zero attached hydrogens (tertiary/aromatic N) is 1. The van der Waals surface area contributed by atoms with Gasteiger partial charge in [-0.2, -0.15) is 5.26 Å². The van der Waals surface area contributed by atoms with E-state index in [9.17, 15) is 18.0 Å². The lowest BCUT2D eigenvalue weighted by Gasteiger charge is -2.06. The fraction of sp³-hybridized carbons (Fsp3) is 0.0714. The molecule has 1 heterocycles. The quantitative estimate of drug-likeness (QED) is 0.736. The molecule has 9 nitrogen and oxygen atoms in total. The van der Waals surface area contributed by atoms with Crippen LogP contribution in [0.5, 0.6) is 0 Å². The van der Waals surface area contributed by atoms with E-state index in [-0.39, 0.29) is 10.6 Å². The van der Waals surface area contributed by atoms with Crippen molar-refractivity contribution in [2.75, 3.05) is 11.9 Å². The number of esters is 1. The van der Waals surface area contributed by atoms with Gasteiger partial charge in [0.05, 0.1) is 10.6 Å². The molecule has 2 aromatic rings. The molecule has 3 N–H and O–H groups in total. The van der Waals surface area contributed by atoms with Crippen LogP contribution in [0.3, 0.4) is 0 Å². The number of primary sulfonamides is 1. The average molecular weight is 384 g/mol. The molecule has 130 valence electrons. The summed E-state index contributed by atoms with van der Waals surface area (Å²) >= 11 is 5.83. The Kier molecular flexibility index (Phi) is 5.43. The zero-order chi connectivity index (χ0) is 18.6. The number of amides is 1. The maximum atomic E-state index is 11.7. The molecule has 0 saturated heterocycles. The van der Waals surface area contributed by atoms with E-state index in [0.717, 1.165) is 12.1 Å². The molecule has 0 atom stereocenters. The highest BCUT2D eigenvalue weighted by Gasteiger charge is 2.19. The number of rotatable bonds is 5. The van der Waals surface area contributed by atoms with Gasteiger partial charge in [0.2, 0.25) is 10.9 Å². The minimum absolute atomic E-state index is 0.156. The molecule has 1 aromatic heterocycles. The van der Waals surface area contributed by atoms with Gasteiger partial charge >= 0.3 is 5.97 Å². The summed E-state index contributed by atoms with van der Waals surface area (Å²) in [5, 5.41) is 15.6. The molecule has 0 aliphatic rings. The topological polar surface area (TPSA) is 152 Å². The van der Waals surface area contributed by atoms with Crippen LogP contribution < -0.4 is 10.5 Å². The number of carbonyl (C=O) groups is 2. The number of ether oxygens (including phenoxy) is 1. The predicted molar refractivity (Wildman–Crippen MR) is 85.2 cm³/mol. The molecule has 25 heavy (non-hydrogen) atoms. The number of nitriles is 1. The Labute approximate surface area is 147 Å². The van der Waals surface area contributed by atoms with E-state index in [1.165, 1.54) is 18.2 Å². The smallest absolute Gasteiger partial charge is 0.374 e. The van der Waals surface area contributed by atoms with Crippen LogP contribution in [0.15, 0.2) is 39.8 Å². The van der Waals surface area contributed by atoms with Gasteiger partial charge in [-0.1, -0.05) is 11.6 Å². The summed E-state index contributed by atoms with van der Waals surface area (Å²) < 4.78 is 31.5. The summed E-state index contributed by atoms with van der Waals surface area (Å²) in [5.74, 6) is -2.13. The van der Waals surface area contributed by atoms with Gasteiger partial charge in [-0.05, 0) is 30.3 Å². The molecule has 0 bridgehead atoms. The minimum Gasteiger partial charge on any atom is -0.450 e. The Hall–Kier alpha value is -2.87. The average Bonchev–Trinajstić information content (AvgIpc) is 3.03. The number of nitrogens with two attached hydrogens (primary N) is 1. The van der Waals surface area contributed by atoms with Crippen LogP contribution >= 0.6 is 11.6 Å². The Morgan fingerprint density at radius 1 is 1.32 bits per heavy atom. The Balaban J connectivity index is 1.93. The van der Waals surface area contributed by atoms with Gasteiger partial charge in [-0.15, -0.1) is 0 Å². The van der Waals surface area contributed by atoms with E-state index in [1.807, 2.05) is 6.07 Å². The molecule has 0 aliphatic heterocycles. The number of benzene rings is 1. The van der Waals surface area contributed by atoms with Crippen molar-refractivity contribution in [2.24, 2.45) is 5.14 Å². The zero-order valence-electron chi connectivity index (χ0n) is 12.4. The number of sulfonamides is 1. The van der Waals surface area contributed by atoms with Crippen LogP contribution in [0.25, 0.3) is 0 Å². The Morgan fingerprint density at radius 3 is 2.60 bits per heavy atom. The fourth-order valence-electron chi connectivity index (χ4n) is 1.67. The van der Waals surface area contributed by atoms with Crippen molar-refractivity contribution in [3.63, 3.8) is 0 Å². The van der Waals surface area contributed by atoms with Gasteiger partial charge in [-0.25, -0.2) is 18.4 Å². The first kappa shape index (κ1) is 18.5. The maximum absolute atomic E-state index is 11.7. The van der Waals surface area contributed by atoms with E-state index in [4.69, 9.17) is 31.2 Å². The monoisotopic (exact) mass is 383 g/mol. The molecule has 0 unspecified atom stereocenters. The van der Waals surface area contributed by atoms with E-state index in [1.54, 1.807) is 0 Å². The number of halogens is 1. The Morgan fingerprint density at radius 2 is 2.04 bits per heavy atom. The van der Waals surface area contributed by atoms with Crippen LogP contribution in [0.4, 0.5) is 5.69 Å². The lowest BCUT2D eigenvalue weighted by Crippen LogP contribution is -2.20. The molecular weight excluding hydrogens is 374 g/mol. The van der Waals surface area contributed by atoms with Crippen LogP contribution in [0.2, 0.25) is 5.02 Å². The number of furan rings is 1. The molecule has 11 heteroatoms. The first-order valence-corrected chi connectivity index (χ1v) is 8.42. The summed E-state index contributed by atoms with van der Waals surface area (Å²) in [6.07, 6.45) is 0. The molecule has 1 aromatic carbocycles. The van der Waals surface area contributed by atoms with Crippen LogP contribution in [-0.4, -0.2) is 26.9 Å². The standard InChI is InChI=1S/C14H10ClN3O6S/c15-10-5-9(2-1-8(10)6-16)18-12(19)7-23-14(20)11-3-4-13(24-11)25(17,21)22/h1-5H,7H2,(H,18,19)(H2,17,21,22). The molecule has 0 radical (unpaired) electrons. The summed E-state index contributed by atoms with van der Waals surface area (Å²) in [7, 11) is -4.09. The van der Waals surface area contributed by atoms with Crippen molar-refractivity contribution in [1.82, 2.24) is 0 Å². The normalized spacial score (nSPS) is 10.8. The van der Waals surface area contributed by atoms with E-state index in [2.05, 4.69) is 5.32 Å². The fourth-order valence-corrected chi connectivity index (χ4v) is 2.35. The Bertz CT molecular complexity index is 977. The number of anilines is 1. The molecule has 0 spiro atoms. The molecule has 0 fully saturated rings. The van der Waals surface area contributed by atoms with Crippen molar-refractivity contribution in [3.05, 3.63) is 46.7 Å². The zero-order valence-corrected chi connectivity index (χ0v) is 13.9. The lowest BCUT2D eigenvalue weighted by atomic mass is 10.2. The van der Waals surface area contributed by atoms with Gasteiger partial charge in [0.25, 0.3) is 15.9 Å². The van der Waals surface area contributed by atoms with Crippen molar-refractivity contribution in [1.29, 1.82) is 5.26 Å². The van der Waals surface area contributed by atoms with E-state index >= 15 is 0 Å². The van der Waals surface area contributed by atoms with E-state index in [0.29, 0.717) is 5.69 Å². The summed E-state index contributed by atoms with van der Waals surface area (Å²) in [6, 6.07) is 8.15.